The van der Waals surface area contributed by atoms with Gasteiger partial charge in [0.25, 0.3) is 0 Å². The lowest BCUT2D eigenvalue weighted by Crippen LogP contribution is -2.45. The summed E-state index contributed by atoms with van der Waals surface area (Å²) in [6.07, 6.45) is 92.8. The van der Waals surface area contributed by atoms with Crippen molar-refractivity contribution in [1.82, 2.24) is 5.32 Å². The van der Waals surface area contributed by atoms with Gasteiger partial charge in [-0.25, -0.2) is 0 Å². The highest BCUT2D eigenvalue weighted by Gasteiger charge is 2.18. The Labute approximate surface area is 520 Å². The summed E-state index contributed by atoms with van der Waals surface area (Å²) in [4.78, 5) is 24.6. The summed E-state index contributed by atoms with van der Waals surface area (Å²) in [6.45, 7) is 4.94. The van der Waals surface area contributed by atoms with Crippen LogP contribution >= 0.6 is 0 Å². The molecule has 6 nitrogen and oxygen atoms in total. The summed E-state index contributed by atoms with van der Waals surface area (Å²) in [7, 11) is 0. The Kier molecular flexibility index (Phi) is 71.4. The highest BCUT2D eigenvalue weighted by atomic mass is 16.5. The molecular weight excluding hydrogens is 1020 g/mol. The Hall–Kier alpha value is -1.66. The van der Waals surface area contributed by atoms with Crippen LogP contribution in [-0.4, -0.2) is 47.4 Å². The van der Waals surface area contributed by atoms with E-state index in [0.29, 0.717) is 19.4 Å². The molecule has 0 rings (SSSR count). The molecule has 0 aliphatic carbocycles. The highest BCUT2D eigenvalue weighted by molar-refractivity contribution is 5.76. The van der Waals surface area contributed by atoms with Crippen molar-refractivity contribution >= 4 is 11.9 Å². The third-order valence-corrected chi connectivity index (χ3v) is 18.0. The number of ether oxygens (including phenoxy) is 1. The van der Waals surface area contributed by atoms with Crippen LogP contribution in [0.3, 0.4) is 0 Å². The van der Waals surface area contributed by atoms with E-state index in [1.807, 2.05) is 6.08 Å². The molecule has 3 N–H and O–H groups in total. The number of nitrogens with one attached hydrogen (secondary N) is 1. The number of rotatable bonds is 72. The van der Waals surface area contributed by atoms with Crippen LogP contribution in [0.15, 0.2) is 24.3 Å². The number of hydrogen-bond acceptors (Lipinski definition) is 5. The topological polar surface area (TPSA) is 95.9 Å². The molecule has 0 aromatic rings. The number of amides is 1. The lowest BCUT2D eigenvalue weighted by molar-refractivity contribution is -0.143. The van der Waals surface area contributed by atoms with Gasteiger partial charge in [-0.1, -0.05) is 385 Å². The van der Waals surface area contributed by atoms with Crippen molar-refractivity contribution in [3.63, 3.8) is 0 Å². The summed E-state index contributed by atoms with van der Waals surface area (Å²) in [5.74, 6) is -0.0490. The van der Waals surface area contributed by atoms with E-state index < -0.39 is 12.1 Å². The molecule has 0 fully saturated rings. The maximum Gasteiger partial charge on any atom is 0.305 e. The Morgan fingerprint density at radius 1 is 0.325 bits per heavy atom. The van der Waals surface area contributed by atoms with Gasteiger partial charge in [-0.15, -0.1) is 0 Å². The minimum absolute atomic E-state index is 0.0108. The standard InChI is InChI=1S/C77H149NO5/c1-3-5-7-9-11-13-15-17-19-20-21-22-23-30-33-36-39-42-45-49-53-57-61-65-69-75(80)74(73-79)78-76(81)70-66-62-58-54-50-46-43-40-37-34-31-28-26-24-25-27-29-32-35-38-41-44-48-52-56-60-64-68-72-83-77(82)71-67-63-59-55-51-47-18-16-14-12-10-8-6-4-2/h16,18,65,69,74-75,79-80H,3-15,17,19-64,66-68,70-73H2,1-2H3,(H,78,81)/b18-16-,69-65+. The molecule has 0 aromatic heterocycles. The molecule has 1 amide bonds. The van der Waals surface area contributed by atoms with Crippen molar-refractivity contribution in [1.29, 1.82) is 0 Å². The average molecular weight is 1170 g/mol. The number of carbonyl (C=O) groups excluding carboxylic acids is 2. The van der Waals surface area contributed by atoms with Gasteiger partial charge in [-0.2, -0.15) is 0 Å². The number of unbranched alkanes of at least 4 members (excludes halogenated alkanes) is 59. The highest BCUT2D eigenvalue weighted by Crippen LogP contribution is 2.20. The van der Waals surface area contributed by atoms with E-state index in [0.717, 1.165) is 44.9 Å². The van der Waals surface area contributed by atoms with Crippen molar-refractivity contribution < 1.29 is 24.5 Å². The number of aliphatic hydroxyl groups is 2. The minimum atomic E-state index is -0.844. The average Bonchev–Trinajstić information content (AvgIpc) is 3.48. The minimum Gasteiger partial charge on any atom is -0.466 e. The van der Waals surface area contributed by atoms with Crippen molar-refractivity contribution in [3.05, 3.63) is 24.3 Å². The Balaban J connectivity index is 3.37. The zero-order valence-corrected chi connectivity index (χ0v) is 56.5. The van der Waals surface area contributed by atoms with Gasteiger partial charge in [-0.05, 0) is 57.8 Å². The van der Waals surface area contributed by atoms with E-state index in [1.54, 1.807) is 6.08 Å². The molecule has 0 aliphatic heterocycles. The maximum absolute atomic E-state index is 12.5. The predicted octanol–water partition coefficient (Wildman–Crippen LogP) is 24.9. The van der Waals surface area contributed by atoms with Crippen LogP contribution in [-0.2, 0) is 14.3 Å². The molecule has 0 bridgehead atoms. The zero-order valence-electron chi connectivity index (χ0n) is 56.5. The molecule has 2 atom stereocenters. The first kappa shape index (κ1) is 81.3. The molecule has 0 saturated carbocycles. The maximum atomic E-state index is 12.5. The first-order valence-electron chi connectivity index (χ1n) is 38.1. The second kappa shape index (κ2) is 72.8. The fourth-order valence-corrected chi connectivity index (χ4v) is 12.2. The second-order valence-electron chi connectivity index (χ2n) is 26.3. The normalized spacial score (nSPS) is 12.6. The van der Waals surface area contributed by atoms with Gasteiger partial charge in [0, 0.05) is 12.8 Å². The first-order chi connectivity index (χ1) is 41.0. The van der Waals surface area contributed by atoms with Crippen molar-refractivity contribution in [2.75, 3.05) is 13.2 Å². The van der Waals surface area contributed by atoms with E-state index in [-0.39, 0.29) is 18.5 Å². The third-order valence-electron chi connectivity index (χ3n) is 18.0. The SMILES string of the molecule is CCCCCCC/C=C\CCCCCCCC(=O)OCCCCCCCCCCCCCCCCCCCCCCCCCCCCCCC(=O)NC(CO)C(O)/C=C/CCCCCCCCCCCCCCCCCCCCCCCC. The predicted molar refractivity (Wildman–Crippen MR) is 366 cm³/mol. The molecule has 2 unspecified atom stereocenters. The van der Waals surface area contributed by atoms with Crippen LogP contribution in [0.1, 0.15) is 431 Å². The van der Waals surface area contributed by atoms with Crippen LogP contribution in [0, 0.1) is 0 Å². The number of esters is 1. The van der Waals surface area contributed by atoms with Gasteiger partial charge in [0.05, 0.1) is 25.4 Å². The summed E-state index contributed by atoms with van der Waals surface area (Å²) >= 11 is 0. The lowest BCUT2D eigenvalue weighted by atomic mass is 10.0. The fraction of sp³-hybridized carbons (Fsp3) is 0.922. The Bertz CT molecular complexity index is 1300. The zero-order chi connectivity index (χ0) is 59.9. The monoisotopic (exact) mass is 1170 g/mol. The van der Waals surface area contributed by atoms with E-state index in [1.165, 1.54) is 360 Å². The molecule has 0 spiro atoms. The third kappa shape index (κ3) is 69.3. The number of hydrogen-bond donors (Lipinski definition) is 3. The molecule has 0 saturated heterocycles. The Morgan fingerprint density at radius 3 is 0.855 bits per heavy atom. The van der Waals surface area contributed by atoms with E-state index in [4.69, 9.17) is 4.74 Å². The molecule has 0 radical (unpaired) electrons. The van der Waals surface area contributed by atoms with Crippen LogP contribution in [0.2, 0.25) is 0 Å². The lowest BCUT2D eigenvalue weighted by Gasteiger charge is -2.20. The number of carbonyl (C=O) groups is 2. The largest absolute Gasteiger partial charge is 0.466 e. The van der Waals surface area contributed by atoms with E-state index in [9.17, 15) is 19.8 Å². The van der Waals surface area contributed by atoms with Crippen LogP contribution in [0.5, 0.6) is 0 Å². The number of aliphatic hydroxyl groups excluding tert-OH is 2. The molecule has 6 heteroatoms. The van der Waals surface area contributed by atoms with Gasteiger partial charge in [0.15, 0.2) is 0 Å². The van der Waals surface area contributed by atoms with Gasteiger partial charge in [0.2, 0.25) is 5.91 Å². The van der Waals surface area contributed by atoms with Crippen molar-refractivity contribution in [3.8, 4) is 0 Å². The summed E-state index contributed by atoms with van der Waals surface area (Å²) in [5, 5.41) is 23.3. The van der Waals surface area contributed by atoms with Gasteiger partial charge in [-0.3, -0.25) is 9.59 Å². The molecule has 0 heterocycles. The van der Waals surface area contributed by atoms with Crippen LogP contribution in [0.4, 0.5) is 0 Å². The van der Waals surface area contributed by atoms with Crippen LogP contribution < -0.4 is 5.32 Å². The molecular formula is C77H149NO5. The fourth-order valence-electron chi connectivity index (χ4n) is 12.2. The van der Waals surface area contributed by atoms with Crippen LogP contribution in [0.25, 0.3) is 0 Å². The smallest absolute Gasteiger partial charge is 0.305 e. The van der Waals surface area contributed by atoms with E-state index in [2.05, 4.69) is 31.3 Å². The molecule has 83 heavy (non-hydrogen) atoms. The molecule has 492 valence electrons. The second-order valence-corrected chi connectivity index (χ2v) is 26.3. The molecule has 0 aliphatic rings. The Morgan fingerprint density at radius 2 is 0.566 bits per heavy atom. The number of allylic oxidation sites excluding steroid dienone is 3. The summed E-state index contributed by atoms with van der Waals surface area (Å²) in [6, 6.07) is -0.627. The van der Waals surface area contributed by atoms with E-state index >= 15 is 0 Å². The quantitative estimate of drug-likeness (QED) is 0.0320. The van der Waals surface area contributed by atoms with Crippen molar-refractivity contribution in [2.45, 2.75) is 443 Å². The first-order valence-corrected chi connectivity index (χ1v) is 38.1. The van der Waals surface area contributed by atoms with Gasteiger partial charge >= 0.3 is 5.97 Å². The van der Waals surface area contributed by atoms with Gasteiger partial charge in [0.1, 0.15) is 0 Å². The van der Waals surface area contributed by atoms with Gasteiger partial charge < -0.3 is 20.3 Å². The summed E-state index contributed by atoms with van der Waals surface area (Å²) < 4.78 is 5.49. The molecule has 0 aromatic carbocycles. The summed E-state index contributed by atoms with van der Waals surface area (Å²) in [5.41, 5.74) is 0. The van der Waals surface area contributed by atoms with Crippen molar-refractivity contribution in [2.24, 2.45) is 0 Å².